The van der Waals surface area contributed by atoms with Crippen LogP contribution in [0.25, 0.3) is 0 Å². The molecule has 2 N–H and O–H groups in total. The first-order chi connectivity index (χ1) is 12.3. The van der Waals surface area contributed by atoms with Crippen LogP contribution in [0.1, 0.15) is 24.0 Å². The van der Waals surface area contributed by atoms with Crippen LogP contribution in [-0.4, -0.2) is 20.2 Å². The Balaban J connectivity index is 1.75. The summed E-state index contributed by atoms with van der Waals surface area (Å²) in [6.07, 6.45) is 1.62. The van der Waals surface area contributed by atoms with E-state index in [0.29, 0.717) is 30.5 Å². The summed E-state index contributed by atoms with van der Waals surface area (Å²) in [6.45, 7) is 0. The SMILES string of the molecule is O=C1CCCc2cc(S(=O)(=O)NC(=O)Cc3ccc(Br)cc3)ccc2N1. The maximum absolute atomic E-state index is 12.5. The van der Waals surface area contributed by atoms with Gasteiger partial charge in [0.15, 0.2) is 0 Å². The quantitative estimate of drug-likeness (QED) is 0.770. The van der Waals surface area contributed by atoms with Gasteiger partial charge in [-0.2, -0.15) is 0 Å². The largest absolute Gasteiger partial charge is 0.326 e. The van der Waals surface area contributed by atoms with E-state index in [4.69, 9.17) is 0 Å². The second-order valence-corrected chi connectivity index (χ2v) is 8.65. The molecule has 0 fully saturated rings. The zero-order valence-electron chi connectivity index (χ0n) is 13.8. The maximum Gasteiger partial charge on any atom is 0.264 e. The van der Waals surface area contributed by atoms with Crippen molar-refractivity contribution in [3.63, 3.8) is 0 Å². The molecule has 0 aromatic heterocycles. The zero-order chi connectivity index (χ0) is 18.7. The summed E-state index contributed by atoms with van der Waals surface area (Å²) in [5.41, 5.74) is 2.08. The fourth-order valence-electron chi connectivity index (χ4n) is 2.75. The number of amides is 2. The van der Waals surface area contributed by atoms with Gasteiger partial charge in [-0.1, -0.05) is 28.1 Å². The van der Waals surface area contributed by atoms with Crippen LogP contribution in [0, 0.1) is 0 Å². The number of nitrogens with one attached hydrogen (secondary N) is 2. The number of carbonyl (C=O) groups is 2. The Kier molecular flexibility index (Phi) is 5.43. The normalized spacial score (nSPS) is 14.1. The number of fused-ring (bicyclic) bond motifs is 1. The van der Waals surface area contributed by atoms with E-state index in [9.17, 15) is 18.0 Å². The molecule has 0 saturated carbocycles. The Bertz CT molecular complexity index is 956. The highest BCUT2D eigenvalue weighted by Gasteiger charge is 2.21. The number of hydrogen-bond donors (Lipinski definition) is 2. The lowest BCUT2D eigenvalue weighted by atomic mass is 10.1. The molecule has 0 saturated heterocycles. The molecule has 136 valence electrons. The summed E-state index contributed by atoms with van der Waals surface area (Å²) in [7, 11) is -3.97. The van der Waals surface area contributed by atoms with Crippen LogP contribution in [0.3, 0.4) is 0 Å². The van der Waals surface area contributed by atoms with Gasteiger partial charge in [0.25, 0.3) is 10.0 Å². The minimum absolute atomic E-state index is 0.0107. The van der Waals surface area contributed by atoms with E-state index in [1.807, 2.05) is 0 Å². The number of benzene rings is 2. The molecule has 6 nitrogen and oxygen atoms in total. The highest BCUT2D eigenvalue weighted by atomic mass is 79.9. The van der Waals surface area contributed by atoms with Crippen LogP contribution in [0.15, 0.2) is 51.8 Å². The van der Waals surface area contributed by atoms with Crippen molar-refractivity contribution in [3.8, 4) is 0 Å². The molecule has 0 unspecified atom stereocenters. The topological polar surface area (TPSA) is 92.3 Å². The first-order valence-electron chi connectivity index (χ1n) is 8.06. The van der Waals surface area contributed by atoms with Crippen molar-refractivity contribution in [1.82, 2.24) is 4.72 Å². The van der Waals surface area contributed by atoms with E-state index in [-0.39, 0.29) is 17.2 Å². The van der Waals surface area contributed by atoms with Crippen molar-refractivity contribution in [1.29, 1.82) is 0 Å². The van der Waals surface area contributed by atoms with Crippen LogP contribution in [0.2, 0.25) is 0 Å². The molecule has 3 rings (SSSR count). The second kappa shape index (κ2) is 7.59. The average Bonchev–Trinajstić information content (AvgIpc) is 2.76. The van der Waals surface area contributed by atoms with Crippen molar-refractivity contribution < 1.29 is 18.0 Å². The lowest BCUT2D eigenvalue weighted by molar-refractivity contribution is -0.118. The molecule has 2 amide bonds. The Morgan fingerprint density at radius 2 is 1.85 bits per heavy atom. The molecule has 0 aliphatic carbocycles. The van der Waals surface area contributed by atoms with E-state index in [1.165, 1.54) is 12.1 Å². The average molecular weight is 437 g/mol. The lowest BCUT2D eigenvalue weighted by Crippen LogP contribution is -2.31. The molecule has 26 heavy (non-hydrogen) atoms. The van der Waals surface area contributed by atoms with Crippen LogP contribution >= 0.6 is 15.9 Å². The fraction of sp³-hybridized carbons (Fsp3) is 0.222. The summed E-state index contributed by atoms with van der Waals surface area (Å²) in [5, 5.41) is 2.75. The van der Waals surface area contributed by atoms with Gasteiger partial charge >= 0.3 is 0 Å². The number of aryl methyl sites for hydroxylation is 1. The van der Waals surface area contributed by atoms with Crippen molar-refractivity contribution in [2.75, 3.05) is 5.32 Å². The predicted octanol–water partition coefficient (Wildman–Crippen LogP) is 2.77. The summed E-state index contributed by atoms with van der Waals surface area (Å²) in [5.74, 6) is -0.683. The summed E-state index contributed by atoms with van der Waals surface area (Å²) >= 11 is 3.31. The summed E-state index contributed by atoms with van der Waals surface area (Å²) in [6, 6.07) is 11.5. The first kappa shape index (κ1) is 18.6. The van der Waals surface area contributed by atoms with E-state index in [2.05, 4.69) is 26.0 Å². The Labute approximate surface area is 160 Å². The molecule has 0 spiro atoms. The standard InChI is InChI=1S/C18H17BrN2O4S/c19-14-6-4-12(5-7-14)10-18(23)21-26(24,25)15-8-9-16-13(11-15)2-1-3-17(22)20-16/h4-9,11H,1-3,10H2,(H,20,22)(H,21,23). The van der Waals surface area contributed by atoms with Crippen molar-refractivity contribution in [3.05, 3.63) is 58.1 Å². The smallest absolute Gasteiger partial charge is 0.264 e. The van der Waals surface area contributed by atoms with Gasteiger partial charge in [0, 0.05) is 16.6 Å². The monoisotopic (exact) mass is 436 g/mol. The van der Waals surface area contributed by atoms with E-state index in [1.54, 1.807) is 30.3 Å². The molecule has 1 aliphatic heterocycles. The molecule has 2 aromatic rings. The van der Waals surface area contributed by atoms with Gasteiger partial charge in [-0.3, -0.25) is 9.59 Å². The molecular formula is C18H17BrN2O4S. The maximum atomic E-state index is 12.5. The second-order valence-electron chi connectivity index (χ2n) is 6.05. The number of rotatable bonds is 4. The van der Waals surface area contributed by atoms with Crippen LogP contribution < -0.4 is 10.0 Å². The zero-order valence-corrected chi connectivity index (χ0v) is 16.2. The predicted molar refractivity (Wildman–Crippen MR) is 101 cm³/mol. The minimum Gasteiger partial charge on any atom is -0.326 e. The summed E-state index contributed by atoms with van der Waals surface area (Å²) in [4.78, 5) is 23.7. The minimum atomic E-state index is -3.97. The Hall–Kier alpha value is -2.19. The third-order valence-electron chi connectivity index (χ3n) is 4.04. The van der Waals surface area contributed by atoms with Crippen LogP contribution in [-0.2, 0) is 32.5 Å². The van der Waals surface area contributed by atoms with E-state index in [0.717, 1.165) is 10.0 Å². The number of hydrogen-bond acceptors (Lipinski definition) is 4. The number of halogens is 1. The molecule has 2 aromatic carbocycles. The van der Waals surface area contributed by atoms with Gasteiger partial charge in [-0.25, -0.2) is 13.1 Å². The molecule has 8 heteroatoms. The van der Waals surface area contributed by atoms with Crippen LogP contribution in [0.4, 0.5) is 5.69 Å². The van der Waals surface area contributed by atoms with Gasteiger partial charge < -0.3 is 5.32 Å². The van der Waals surface area contributed by atoms with Crippen LogP contribution in [0.5, 0.6) is 0 Å². The molecule has 0 radical (unpaired) electrons. The summed E-state index contributed by atoms with van der Waals surface area (Å²) < 4.78 is 28.0. The molecule has 1 aliphatic rings. The van der Waals surface area contributed by atoms with Gasteiger partial charge in [-0.15, -0.1) is 0 Å². The lowest BCUT2D eigenvalue weighted by Gasteiger charge is -2.11. The van der Waals surface area contributed by atoms with E-state index >= 15 is 0 Å². The molecular weight excluding hydrogens is 420 g/mol. The van der Waals surface area contributed by atoms with Gasteiger partial charge in [-0.05, 0) is 54.3 Å². The van der Waals surface area contributed by atoms with E-state index < -0.39 is 15.9 Å². The first-order valence-corrected chi connectivity index (χ1v) is 10.3. The van der Waals surface area contributed by atoms with Gasteiger partial charge in [0.2, 0.25) is 11.8 Å². The fourth-order valence-corrected chi connectivity index (χ4v) is 4.05. The van der Waals surface area contributed by atoms with Crippen molar-refractivity contribution >= 4 is 43.5 Å². The Morgan fingerprint density at radius 3 is 2.58 bits per heavy atom. The number of sulfonamides is 1. The molecule has 1 heterocycles. The third kappa shape index (κ3) is 4.50. The van der Waals surface area contributed by atoms with Crippen molar-refractivity contribution in [2.45, 2.75) is 30.6 Å². The Morgan fingerprint density at radius 1 is 1.12 bits per heavy atom. The van der Waals surface area contributed by atoms with Gasteiger partial charge in [0.05, 0.1) is 11.3 Å². The third-order valence-corrected chi connectivity index (χ3v) is 5.94. The number of carbonyl (C=O) groups excluding carboxylic acids is 2. The van der Waals surface area contributed by atoms with Gasteiger partial charge in [0.1, 0.15) is 0 Å². The highest BCUT2D eigenvalue weighted by Crippen LogP contribution is 2.25. The molecule has 0 bridgehead atoms. The highest BCUT2D eigenvalue weighted by molar-refractivity contribution is 9.10. The van der Waals surface area contributed by atoms with Crippen molar-refractivity contribution in [2.24, 2.45) is 0 Å². The number of anilines is 1. The molecule has 0 atom stereocenters.